The molecule has 0 bridgehead atoms. The molecule has 1 rings (SSSR count). The second-order valence-corrected chi connectivity index (χ2v) is 1.70. The highest BCUT2D eigenvalue weighted by molar-refractivity contribution is 5.71. The summed E-state index contributed by atoms with van der Waals surface area (Å²) >= 11 is 0. The summed E-state index contributed by atoms with van der Waals surface area (Å²) in [5, 5.41) is 3.10. The van der Waals surface area contributed by atoms with E-state index in [1.807, 2.05) is 0 Å². The van der Waals surface area contributed by atoms with E-state index in [1.54, 1.807) is 0 Å². The van der Waals surface area contributed by atoms with Crippen LogP contribution in [0.15, 0.2) is 17.3 Å². The van der Waals surface area contributed by atoms with Crippen LogP contribution in [0.25, 0.3) is 0 Å². The van der Waals surface area contributed by atoms with Gasteiger partial charge in [-0.25, -0.2) is 0 Å². The summed E-state index contributed by atoms with van der Waals surface area (Å²) in [6.07, 6.45) is -2.71. The Hall–Kier alpha value is -1.00. The Bertz CT molecular complexity index is 170. The Morgan fingerprint density at radius 2 is 2.00 bits per heavy atom. The zero-order chi connectivity index (χ0) is 7.61. The molecule has 0 fully saturated rings. The van der Waals surface area contributed by atoms with Crippen LogP contribution in [0.5, 0.6) is 0 Å². The molecule has 1 radical (unpaired) electrons. The zero-order valence-electron chi connectivity index (χ0n) is 4.84. The first-order chi connectivity index (χ1) is 4.61. The van der Waals surface area contributed by atoms with Crippen molar-refractivity contribution in [2.24, 2.45) is 4.99 Å². The van der Waals surface area contributed by atoms with Gasteiger partial charge < -0.3 is 0 Å². The first kappa shape index (κ1) is 7.11. The fourth-order valence-electron chi connectivity index (χ4n) is 0.508. The molecule has 1 atom stereocenters. The first-order valence-electron chi connectivity index (χ1n) is 2.56. The number of nitrogens with zero attached hydrogens (tertiary/aromatic N) is 2. The molecule has 0 saturated heterocycles. The van der Waals surface area contributed by atoms with Crippen LogP contribution in [0.3, 0.4) is 0 Å². The van der Waals surface area contributed by atoms with Gasteiger partial charge in [-0.1, -0.05) is 0 Å². The van der Waals surface area contributed by atoms with E-state index in [0.717, 1.165) is 12.4 Å². The second-order valence-electron chi connectivity index (χ2n) is 1.70. The van der Waals surface area contributed by atoms with Gasteiger partial charge >= 0.3 is 6.18 Å². The van der Waals surface area contributed by atoms with Crippen molar-refractivity contribution >= 4 is 6.21 Å². The molecule has 1 aliphatic rings. The summed E-state index contributed by atoms with van der Waals surface area (Å²) < 4.78 is 35.1. The van der Waals surface area contributed by atoms with Gasteiger partial charge in [0.15, 0.2) is 0 Å². The lowest BCUT2D eigenvalue weighted by Crippen LogP contribution is -2.34. The van der Waals surface area contributed by atoms with Crippen LogP contribution in [0, 0.1) is 0 Å². The van der Waals surface area contributed by atoms with E-state index >= 15 is 0 Å². The maximum absolute atomic E-state index is 11.7. The third kappa shape index (κ3) is 1.49. The minimum atomic E-state index is -4.35. The summed E-state index contributed by atoms with van der Waals surface area (Å²) in [6, 6.07) is 0. The van der Waals surface area contributed by atoms with Crippen molar-refractivity contribution in [3.63, 3.8) is 0 Å². The van der Waals surface area contributed by atoms with E-state index in [1.165, 1.54) is 6.08 Å². The molecule has 1 unspecified atom stereocenters. The third-order valence-corrected chi connectivity index (χ3v) is 0.919. The standard InChI is InChI=1S/C5H4F3N2/c6-5(7,8)4-9-2-1-3-10-4/h1-4H. The molecule has 0 saturated carbocycles. The monoisotopic (exact) mass is 149 g/mol. The van der Waals surface area contributed by atoms with Crippen LogP contribution < -0.4 is 5.32 Å². The van der Waals surface area contributed by atoms with Gasteiger partial charge in [0.05, 0.1) is 0 Å². The number of rotatable bonds is 0. The second kappa shape index (κ2) is 2.32. The lowest BCUT2D eigenvalue weighted by atomic mass is 10.4. The topological polar surface area (TPSA) is 26.5 Å². The molecule has 0 aromatic rings. The van der Waals surface area contributed by atoms with Crippen molar-refractivity contribution in [1.82, 2.24) is 5.32 Å². The Kier molecular flexibility index (Phi) is 1.65. The third-order valence-electron chi connectivity index (χ3n) is 0.919. The molecule has 0 N–H and O–H groups in total. The molecule has 1 heterocycles. The molecule has 0 amide bonds. The van der Waals surface area contributed by atoms with Crippen molar-refractivity contribution in [3.8, 4) is 0 Å². The van der Waals surface area contributed by atoms with Crippen LogP contribution >= 0.6 is 0 Å². The number of hydrogen-bond acceptors (Lipinski definition) is 1. The van der Waals surface area contributed by atoms with Crippen molar-refractivity contribution in [2.45, 2.75) is 12.3 Å². The summed E-state index contributed by atoms with van der Waals surface area (Å²) in [7, 11) is 0. The number of aliphatic imine (C=N–C) groups is 1. The summed E-state index contributed by atoms with van der Waals surface area (Å²) in [4.78, 5) is 3.10. The average molecular weight is 149 g/mol. The Morgan fingerprint density at radius 1 is 1.30 bits per heavy atom. The largest absolute Gasteiger partial charge is 0.430 e. The first-order valence-corrected chi connectivity index (χ1v) is 2.56. The van der Waals surface area contributed by atoms with Crippen LogP contribution in [-0.2, 0) is 0 Å². The van der Waals surface area contributed by atoms with E-state index in [9.17, 15) is 13.2 Å². The van der Waals surface area contributed by atoms with Crippen molar-refractivity contribution in [2.75, 3.05) is 0 Å². The lowest BCUT2D eigenvalue weighted by molar-refractivity contribution is -0.152. The SMILES string of the molecule is FC(F)(F)C1[N]C=CC=N1. The van der Waals surface area contributed by atoms with E-state index in [-0.39, 0.29) is 0 Å². The van der Waals surface area contributed by atoms with Crippen LogP contribution in [0.2, 0.25) is 0 Å². The van der Waals surface area contributed by atoms with E-state index in [0.29, 0.717) is 0 Å². The smallest absolute Gasteiger partial charge is 0.257 e. The van der Waals surface area contributed by atoms with Crippen molar-refractivity contribution < 1.29 is 13.2 Å². The summed E-state index contributed by atoms with van der Waals surface area (Å²) in [5.41, 5.74) is 0. The zero-order valence-corrected chi connectivity index (χ0v) is 4.84. The molecule has 0 spiro atoms. The summed E-state index contributed by atoms with van der Waals surface area (Å²) in [6.45, 7) is 0. The highest BCUT2D eigenvalue weighted by atomic mass is 19.4. The molecule has 0 aromatic heterocycles. The van der Waals surface area contributed by atoms with Gasteiger partial charge in [-0.05, 0) is 6.08 Å². The molecule has 0 aliphatic carbocycles. The van der Waals surface area contributed by atoms with E-state index in [2.05, 4.69) is 10.3 Å². The molecule has 5 heteroatoms. The fourth-order valence-corrected chi connectivity index (χ4v) is 0.508. The molecule has 2 nitrogen and oxygen atoms in total. The van der Waals surface area contributed by atoms with Gasteiger partial charge in [0, 0.05) is 12.4 Å². The molecule has 55 valence electrons. The van der Waals surface area contributed by atoms with Crippen LogP contribution in [0.1, 0.15) is 0 Å². The number of halogens is 3. The van der Waals surface area contributed by atoms with Gasteiger partial charge in [0.1, 0.15) is 0 Å². The molecule has 0 aromatic carbocycles. The maximum atomic E-state index is 11.7. The lowest BCUT2D eigenvalue weighted by Gasteiger charge is -2.15. The molecular formula is C5H4F3N2. The van der Waals surface area contributed by atoms with Gasteiger partial charge in [0.2, 0.25) is 6.17 Å². The van der Waals surface area contributed by atoms with Gasteiger partial charge in [0.25, 0.3) is 0 Å². The Labute approximate surface area is 55.4 Å². The molecule has 10 heavy (non-hydrogen) atoms. The normalized spacial score (nSPS) is 24.5. The van der Waals surface area contributed by atoms with Gasteiger partial charge in [-0.2, -0.15) is 13.2 Å². The number of allylic oxidation sites excluding steroid dienone is 1. The van der Waals surface area contributed by atoms with Gasteiger partial charge in [-0.15, -0.1) is 0 Å². The average Bonchev–Trinajstić information content (AvgIpc) is 1.88. The minimum Gasteiger partial charge on any atom is -0.257 e. The highest BCUT2D eigenvalue weighted by Crippen LogP contribution is 2.22. The van der Waals surface area contributed by atoms with Crippen LogP contribution in [0.4, 0.5) is 13.2 Å². The number of alkyl halides is 3. The van der Waals surface area contributed by atoms with E-state index < -0.39 is 12.3 Å². The fraction of sp³-hybridized carbons (Fsp3) is 0.400. The van der Waals surface area contributed by atoms with Crippen molar-refractivity contribution in [1.29, 1.82) is 0 Å². The Morgan fingerprint density at radius 3 is 2.30 bits per heavy atom. The number of hydrogen-bond donors (Lipinski definition) is 0. The molecular weight excluding hydrogens is 145 g/mol. The predicted octanol–water partition coefficient (Wildman–Crippen LogP) is 1.08. The highest BCUT2D eigenvalue weighted by Gasteiger charge is 2.40. The summed E-state index contributed by atoms with van der Waals surface area (Å²) in [5.74, 6) is 0. The maximum Gasteiger partial charge on any atom is 0.430 e. The van der Waals surface area contributed by atoms with E-state index in [4.69, 9.17) is 0 Å². The Balaban J connectivity index is 2.60. The van der Waals surface area contributed by atoms with Crippen LogP contribution in [-0.4, -0.2) is 18.6 Å². The predicted molar refractivity (Wildman–Crippen MR) is 29.6 cm³/mol. The molecule has 1 aliphatic heterocycles. The quantitative estimate of drug-likeness (QED) is 0.492. The van der Waals surface area contributed by atoms with Crippen molar-refractivity contribution in [3.05, 3.63) is 12.3 Å². The minimum absolute atomic E-state index is 1.09. The van der Waals surface area contributed by atoms with Gasteiger partial charge in [-0.3, -0.25) is 10.3 Å².